The van der Waals surface area contributed by atoms with Crippen molar-refractivity contribution in [2.24, 2.45) is 0 Å². The lowest BCUT2D eigenvalue weighted by molar-refractivity contribution is 0.172. The number of phenols is 1. The molecule has 0 unspecified atom stereocenters. The number of hydrogen-bond donors (Lipinski definition) is 2. The minimum absolute atomic E-state index is 0.00250. The second kappa shape index (κ2) is 7.16. The summed E-state index contributed by atoms with van der Waals surface area (Å²) in [6.45, 7) is 10.0. The molecule has 5 heteroatoms. The molecule has 0 saturated carbocycles. The molecule has 21 heavy (non-hydrogen) atoms. The first-order valence-electron chi connectivity index (χ1n) is 7.18. The van der Waals surface area contributed by atoms with Crippen LogP contribution >= 0.6 is 11.6 Å². The highest BCUT2D eigenvalue weighted by Crippen LogP contribution is 2.39. The minimum Gasteiger partial charge on any atom is -0.503 e. The third-order valence-corrected chi connectivity index (χ3v) is 4.08. The second-order valence-electron chi connectivity index (χ2n) is 5.52. The third-order valence-electron chi connectivity index (χ3n) is 3.79. The highest BCUT2D eigenvalue weighted by Gasteiger charge is 2.24. The molecular weight excluding hydrogens is 288 g/mol. The summed E-state index contributed by atoms with van der Waals surface area (Å²) in [5.74, 6) is 0.414. The monoisotopic (exact) mass is 310 g/mol. The molecule has 0 spiro atoms. The van der Waals surface area contributed by atoms with Crippen LogP contribution in [0, 0.1) is 0 Å². The number of nitrogens with one attached hydrogen (secondary N) is 1. The number of piperazine rings is 1. The Bertz CT molecular complexity index is 513. The van der Waals surface area contributed by atoms with Gasteiger partial charge in [0.2, 0.25) is 0 Å². The van der Waals surface area contributed by atoms with Gasteiger partial charge >= 0.3 is 0 Å². The van der Waals surface area contributed by atoms with E-state index in [9.17, 15) is 5.11 Å². The Morgan fingerprint density at radius 2 is 2.14 bits per heavy atom. The zero-order valence-corrected chi connectivity index (χ0v) is 13.4. The van der Waals surface area contributed by atoms with E-state index in [1.165, 1.54) is 7.11 Å². The van der Waals surface area contributed by atoms with Crippen LogP contribution in [-0.4, -0.2) is 43.3 Å². The molecular formula is C16H23ClN2O2. The van der Waals surface area contributed by atoms with Crippen LogP contribution in [0.5, 0.6) is 11.5 Å². The quantitative estimate of drug-likeness (QED) is 0.821. The fourth-order valence-corrected chi connectivity index (χ4v) is 2.94. The highest BCUT2D eigenvalue weighted by molar-refractivity contribution is 6.32. The maximum atomic E-state index is 9.90. The average Bonchev–Trinajstić information content (AvgIpc) is 2.48. The molecule has 0 aliphatic carbocycles. The van der Waals surface area contributed by atoms with Crippen molar-refractivity contribution in [3.8, 4) is 11.5 Å². The largest absolute Gasteiger partial charge is 0.503 e. The van der Waals surface area contributed by atoms with Crippen LogP contribution in [0.1, 0.15) is 24.9 Å². The van der Waals surface area contributed by atoms with Crippen LogP contribution in [0.3, 0.4) is 0 Å². The maximum Gasteiger partial charge on any atom is 0.176 e. The number of aromatic hydroxyl groups is 1. The highest BCUT2D eigenvalue weighted by atomic mass is 35.5. The Kier molecular flexibility index (Phi) is 5.51. The Balaban J connectivity index is 2.35. The Morgan fingerprint density at radius 3 is 2.71 bits per heavy atom. The van der Waals surface area contributed by atoms with Gasteiger partial charge in [0, 0.05) is 32.2 Å². The van der Waals surface area contributed by atoms with Gasteiger partial charge in [0.05, 0.1) is 12.1 Å². The number of halogens is 1. The van der Waals surface area contributed by atoms with Crippen LogP contribution in [0.15, 0.2) is 24.3 Å². The first-order valence-corrected chi connectivity index (χ1v) is 7.56. The first kappa shape index (κ1) is 16.1. The molecule has 2 N–H and O–H groups in total. The van der Waals surface area contributed by atoms with E-state index in [0.717, 1.165) is 43.7 Å². The molecule has 1 aromatic carbocycles. The van der Waals surface area contributed by atoms with Gasteiger partial charge in [-0.05, 0) is 31.0 Å². The molecule has 0 amide bonds. The number of benzene rings is 1. The maximum absolute atomic E-state index is 9.90. The number of ether oxygens (including phenoxy) is 1. The number of rotatable bonds is 5. The zero-order valence-electron chi connectivity index (χ0n) is 12.7. The molecule has 1 fully saturated rings. The lowest BCUT2D eigenvalue weighted by Gasteiger charge is -2.35. The molecule has 1 aliphatic rings. The summed E-state index contributed by atoms with van der Waals surface area (Å²) >= 11 is 6.13. The number of nitrogens with zero attached hydrogens (tertiary/aromatic N) is 1. The number of hydrogen-bond acceptors (Lipinski definition) is 4. The summed E-state index contributed by atoms with van der Waals surface area (Å²) in [4.78, 5) is 2.42. The Morgan fingerprint density at radius 1 is 1.48 bits per heavy atom. The van der Waals surface area contributed by atoms with Gasteiger partial charge in [-0.25, -0.2) is 0 Å². The van der Waals surface area contributed by atoms with E-state index in [0.29, 0.717) is 10.8 Å². The third kappa shape index (κ3) is 3.90. The van der Waals surface area contributed by atoms with Crippen molar-refractivity contribution < 1.29 is 9.84 Å². The van der Waals surface area contributed by atoms with Crippen LogP contribution in [0.4, 0.5) is 0 Å². The molecule has 1 saturated heterocycles. The van der Waals surface area contributed by atoms with E-state index in [-0.39, 0.29) is 11.8 Å². The zero-order chi connectivity index (χ0) is 15.4. The molecule has 116 valence electrons. The van der Waals surface area contributed by atoms with Gasteiger partial charge in [0.25, 0.3) is 0 Å². The average molecular weight is 311 g/mol. The van der Waals surface area contributed by atoms with E-state index >= 15 is 0 Å². The lowest BCUT2D eigenvalue weighted by Crippen LogP contribution is -2.45. The molecule has 0 aromatic heterocycles. The van der Waals surface area contributed by atoms with E-state index in [4.69, 9.17) is 16.3 Å². The van der Waals surface area contributed by atoms with Gasteiger partial charge in [0.1, 0.15) is 0 Å². The smallest absolute Gasteiger partial charge is 0.176 e. The predicted octanol–water partition coefficient (Wildman–Crippen LogP) is 2.97. The molecule has 4 nitrogen and oxygen atoms in total. The Hall–Kier alpha value is -1.23. The van der Waals surface area contributed by atoms with Crippen LogP contribution in [-0.2, 0) is 0 Å². The fourth-order valence-electron chi connectivity index (χ4n) is 2.72. The molecule has 0 bridgehead atoms. The molecule has 0 radical (unpaired) electrons. The van der Waals surface area contributed by atoms with Crippen molar-refractivity contribution >= 4 is 11.6 Å². The summed E-state index contributed by atoms with van der Waals surface area (Å²) in [6.07, 6.45) is 0.865. The van der Waals surface area contributed by atoms with Crippen LogP contribution in [0.2, 0.25) is 5.02 Å². The molecule has 1 heterocycles. The van der Waals surface area contributed by atoms with Crippen molar-refractivity contribution in [3.05, 3.63) is 34.9 Å². The van der Waals surface area contributed by atoms with Gasteiger partial charge in [-0.1, -0.05) is 17.2 Å². The van der Waals surface area contributed by atoms with E-state index in [2.05, 4.69) is 16.8 Å². The molecule has 2 rings (SSSR count). The van der Waals surface area contributed by atoms with Gasteiger partial charge in [-0.15, -0.1) is 6.58 Å². The standard InChI is InChI=1S/C16H23ClN2O2/c1-11(2)8-14(19-6-4-18-5-7-19)12-9-13(17)16(20)15(10-12)21-3/h9-10,14,18,20H,1,4-8H2,2-3H3/t14-/m1/s1. The van der Waals surface area contributed by atoms with Crippen LogP contribution < -0.4 is 10.1 Å². The SMILES string of the molecule is C=C(C)C[C@H](c1cc(Cl)c(O)c(OC)c1)N1CCNCC1. The van der Waals surface area contributed by atoms with Crippen molar-refractivity contribution in [2.45, 2.75) is 19.4 Å². The van der Waals surface area contributed by atoms with E-state index < -0.39 is 0 Å². The molecule has 1 atom stereocenters. The van der Waals surface area contributed by atoms with E-state index in [1.807, 2.05) is 19.1 Å². The van der Waals surface area contributed by atoms with Gasteiger partial charge in [-0.3, -0.25) is 4.90 Å². The van der Waals surface area contributed by atoms with Crippen molar-refractivity contribution in [3.63, 3.8) is 0 Å². The van der Waals surface area contributed by atoms with Gasteiger partial charge in [0.15, 0.2) is 11.5 Å². The topological polar surface area (TPSA) is 44.7 Å². The summed E-state index contributed by atoms with van der Waals surface area (Å²) in [6, 6.07) is 3.91. The summed E-state index contributed by atoms with van der Waals surface area (Å²) < 4.78 is 5.22. The van der Waals surface area contributed by atoms with Gasteiger partial charge in [-0.2, -0.15) is 0 Å². The fraction of sp³-hybridized carbons (Fsp3) is 0.500. The number of methoxy groups -OCH3 is 1. The van der Waals surface area contributed by atoms with Crippen LogP contribution in [0.25, 0.3) is 0 Å². The molecule has 1 aliphatic heterocycles. The molecule has 1 aromatic rings. The summed E-state index contributed by atoms with van der Waals surface area (Å²) in [5.41, 5.74) is 2.18. The van der Waals surface area contributed by atoms with Gasteiger partial charge < -0.3 is 15.2 Å². The number of phenolic OH excluding ortho intramolecular Hbond substituents is 1. The predicted molar refractivity (Wildman–Crippen MR) is 86.3 cm³/mol. The summed E-state index contributed by atoms with van der Waals surface area (Å²) in [7, 11) is 1.54. The van der Waals surface area contributed by atoms with E-state index in [1.54, 1.807) is 0 Å². The first-order chi connectivity index (χ1) is 10.0. The Labute approximate surface area is 131 Å². The van der Waals surface area contributed by atoms with Crippen molar-refractivity contribution in [1.29, 1.82) is 0 Å². The minimum atomic E-state index is -0.00250. The normalized spacial score (nSPS) is 17.5. The van der Waals surface area contributed by atoms with Crippen molar-refractivity contribution in [2.75, 3.05) is 33.3 Å². The van der Waals surface area contributed by atoms with Crippen molar-refractivity contribution in [1.82, 2.24) is 10.2 Å². The second-order valence-corrected chi connectivity index (χ2v) is 5.92. The lowest BCUT2D eigenvalue weighted by atomic mass is 9.97. The summed E-state index contributed by atoms with van der Waals surface area (Å²) in [5, 5.41) is 13.6.